The summed E-state index contributed by atoms with van der Waals surface area (Å²) in [5.41, 5.74) is 5.81. The van der Waals surface area contributed by atoms with Crippen molar-refractivity contribution in [2.45, 2.75) is 32.0 Å². The minimum Gasteiger partial charge on any atom is -0.391 e. The van der Waals surface area contributed by atoms with Gasteiger partial charge in [-0.3, -0.25) is 0 Å². The van der Waals surface area contributed by atoms with E-state index in [1.54, 1.807) is 11.0 Å². The Kier molecular flexibility index (Phi) is 3.88. The van der Waals surface area contributed by atoms with E-state index in [4.69, 9.17) is 0 Å². The van der Waals surface area contributed by atoms with Crippen LogP contribution in [0.3, 0.4) is 0 Å². The molecule has 5 heteroatoms. The third kappa shape index (κ3) is 2.72. The third-order valence-corrected chi connectivity index (χ3v) is 4.66. The molecule has 0 radical (unpaired) electrons. The Morgan fingerprint density at radius 1 is 1.25 bits per heavy atom. The van der Waals surface area contributed by atoms with Crippen LogP contribution >= 0.6 is 0 Å². The number of rotatable bonds is 4. The van der Waals surface area contributed by atoms with Gasteiger partial charge in [0, 0.05) is 13.0 Å². The molecule has 0 fully saturated rings. The summed E-state index contributed by atoms with van der Waals surface area (Å²) in [4.78, 5) is 3.99. The largest absolute Gasteiger partial charge is 0.391 e. The van der Waals surface area contributed by atoms with E-state index in [-0.39, 0.29) is 12.1 Å². The molecule has 2 atom stereocenters. The first kappa shape index (κ1) is 15.1. The van der Waals surface area contributed by atoms with Crippen LogP contribution in [0, 0.1) is 6.92 Å². The summed E-state index contributed by atoms with van der Waals surface area (Å²) < 4.78 is 1.77. The Morgan fingerprint density at radius 2 is 2.12 bits per heavy atom. The highest BCUT2D eigenvalue weighted by Crippen LogP contribution is 2.31. The zero-order valence-corrected chi connectivity index (χ0v) is 13.6. The zero-order chi connectivity index (χ0) is 16.5. The molecule has 4 rings (SSSR count). The van der Waals surface area contributed by atoms with Gasteiger partial charge in [0.2, 0.25) is 0 Å². The smallest absolute Gasteiger partial charge is 0.138 e. The van der Waals surface area contributed by atoms with E-state index in [0.29, 0.717) is 6.54 Å². The van der Waals surface area contributed by atoms with Gasteiger partial charge in [-0.1, -0.05) is 36.4 Å². The molecule has 1 heterocycles. The van der Waals surface area contributed by atoms with Gasteiger partial charge >= 0.3 is 0 Å². The van der Waals surface area contributed by atoms with Crippen molar-refractivity contribution in [2.24, 2.45) is 0 Å². The van der Waals surface area contributed by atoms with Crippen LogP contribution in [0.15, 0.2) is 55.1 Å². The predicted molar refractivity (Wildman–Crippen MR) is 91.8 cm³/mol. The van der Waals surface area contributed by atoms with Crippen molar-refractivity contribution in [3.63, 3.8) is 0 Å². The fourth-order valence-corrected chi connectivity index (χ4v) is 3.46. The molecule has 2 aromatic carbocycles. The van der Waals surface area contributed by atoms with Gasteiger partial charge in [-0.2, -0.15) is 5.10 Å². The second-order valence-electron chi connectivity index (χ2n) is 6.29. The second kappa shape index (κ2) is 6.19. The lowest BCUT2D eigenvalue weighted by Gasteiger charge is -2.18. The van der Waals surface area contributed by atoms with Gasteiger partial charge in [0.05, 0.1) is 17.8 Å². The van der Waals surface area contributed by atoms with E-state index >= 15 is 0 Å². The maximum atomic E-state index is 10.3. The molecule has 0 unspecified atom stereocenters. The minimum absolute atomic E-state index is 0.00324. The summed E-state index contributed by atoms with van der Waals surface area (Å²) in [6.45, 7) is 2.79. The summed E-state index contributed by atoms with van der Waals surface area (Å²) in [6, 6.07) is 14.5. The second-order valence-corrected chi connectivity index (χ2v) is 6.29. The predicted octanol–water partition coefficient (Wildman–Crippen LogP) is 2.32. The van der Waals surface area contributed by atoms with Crippen molar-refractivity contribution in [1.82, 2.24) is 20.1 Å². The number of fused-ring (bicyclic) bond motifs is 1. The zero-order valence-electron chi connectivity index (χ0n) is 13.6. The molecule has 0 saturated carbocycles. The van der Waals surface area contributed by atoms with Gasteiger partial charge < -0.3 is 10.4 Å². The summed E-state index contributed by atoms with van der Waals surface area (Å²) in [7, 11) is 0. The topological polar surface area (TPSA) is 63.0 Å². The summed E-state index contributed by atoms with van der Waals surface area (Å²) in [5, 5.41) is 18.0. The molecule has 0 spiro atoms. The Bertz CT molecular complexity index is 844. The normalized spacial score (nSPS) is 19.4. The molecule has 1 aromatic heterocycles. The molecule has 0 saturated heterocycles. The maximum Gasteiger partial charge on any atom is 0.138 e. The fraction of sp³-hybridized carbons (Fsp3) is 0.263. The van der Waals surface area contributed by atoms with E-state index in [1.807, 2.05) is 12.1 Å². The number of hydrogen-bond donors (Lipinski definition) is 2. The molecular formula is C19H20N4O. The van der Waals surface area contributed by atoms with Crippen molar-refractivity contribution in [3.8, 4) is 5.69 Å². The molecule has 1 aliphatic rings. The van der Waals surface area contributed by atoms with Crippen LogP contribution in [0.1, 0.15) is 28.3 Å². The summed E-state index contributed by atoms with van der Waals surface area (Å²) in [5.74, 6) is 0. The van der Waals surface area contributed by atoms with Gasteiger partial charge in [0.25, 0.3) is 0 Å². The van der Waals surface area contributed by atoms with Crippen molar-refractivity contribution >= 4 is 0 Å². The fourth-order valence-electron chi connectivity index (χ4n) is 3.46. The SMILES string of the molecule is Cc1cc(CN[C@@H]2c3ccccc3C[C@H]2O)ccc1-n1cncn1. The maximum absolute atomic E-state index is 10.3. The van der Waals surface area contributed by atoms with Crippen LogP contribution < -0.4 is 5.32 Å². The first-order valence-corrected chi connectivity index (χ1v) is 8.16. The van der Waals surface area contributed by atoms with Crippen LogP contribution in [0.25, 0.3) is 5.69 Å². The molecule has 2 N–H and O–H groups in total. The molecule has 3 aromatic rings. The number of aryl methyl sites for hydroxylation is 1. The van der Waals surface area contributed by atoms with Crippen molar-refractivity contribution < 1.29 is 5.11 Å². The number of aromatic nitrogens is 3. The van der Waals surface area contributed by atoms with Crippen molar-refractivity contribution in [1.29, 1.82) is 0 Å². The highest BCUT2D eigenvalue weighted by Gasteiger charge is 2.30. The average molecular weight is 320 g/mol. The molecule has 1 aliphatic carbocycles. The Hall–Kier alpha value is -2.50. The number of nitrogens with one attached hydrogen (secondary N) is 1. The molecule has 5 nitrogen and oxygen atoms in total. The van der Waals surface area contributed by atoms with Gasteiger partial charge in [-0.25, -0.2) is 9.67 Å². The van der Waals surface area contributed by atoms with E-state index in [0.717, 1.165) is 17.7 Å². The van der Waals surface area contributed by atoms with E-state index in [9.17, 15) is 5.11 Å². The third-order valence-electron chi connectivity index (χ3n) is 4.66. The highest BCUT2D eigenvalue weighted by molar-refractivity contribution is 5.42. The molecule has 24 heavy (non-hydrogen) atoms. The average Bonchev–Trinajstić information content (AvgIpc) is 3.20. The van der Waals surface area contributed by atoms with Crippen LogP contribution in [-0.2, 0) is 13.0 Å². The molecular weight excluding hydrogens is 300 g/mol. The van der Waals surface area contributed by atoms with E-state index in [1.165, 1.54) is 23.0 Å². The van der Waals surface area contributed by atoms with Gasteiger partial charge in [0.1, 0.15) is 12.7 Å². The van der Waals surface area contributed by atoms with E-state index < -0.39 is 0 Å². The summed E-state index contributed by atoms with van der Waals surface area (Å²) >= 11 is 0. The van der Waals surface area contributed by atoms with Crippen LogP contribution in [0.5, 0.6) is 0 Å². The van der Waals surface area contributed by atoms with Crippen molar-refractivity contribution in [3.05, 3.63) is 77.4 Å². The minimum atomic E-state index is -0.363. The first-order valence-electron chi connectivity index (χ1n) is 8.16. The summed E-state index contributed by atoms with van der Waals surface area (Å²) in [6.07, 6.45) is 3.59. The van der Waals surface area contributed by atoms with Crippen LogP contribution in [0.4, 0.5) is 0 Å². The van der Waals surface area contributed by atoms with Gasteiger partial charge in [0.15, 0.2) is 0 Å². The molecule has 0 aliphatic heterocycles. The Morgan fingerprint density at radius 3 is 2.92 bits per heavy atom. The monoisotopic (exact) mass is 320 g/mol. The number of hydrogen-bond acceptors (Lipinski definition) is 4. The lowest BCUT2D eigenvalue weighted by molar-refractivity contribution is 0.140. The molecule has 0 amide bonds. The lowest BCUT2D eigenvalue weighted by Crippen LogP contribution is -2.28. The van der Waals surface area contributed by atoms with Crippen LogP contribution in [-0.4, -0.2) is 26.0 Å². The quantitative estimate of drug-likeness (QED) is 0.774. The van der Waals surface area contributed by atoms with Gasteiger partial charge in [-0.05, 0) is 35.2 Å². The molecule has 0 bridgehead atoms. The first-order chi connectivity index (χ1) is 11.7. The highest BCUT2D eigenvalue weighted by atomic mass is 16.3. The number of aliphatic hydroxyl groups excluding tert-OH is 1. The molecule has 122 valence electrons. The Balaban J connectivity index is 1.50. The van der Waals surface area contributed by atoms with Crippen LogP contribution in [0.2, 0.25) is 0 Å². The Labute approximate surface area is 141 Å². The van der Waals surface area contributed by atoms with Gasteiger partial charge in [-0.15, -0.1) is 0 Å². The number of aliphatic hydroxyl groups is 1. The van der Waals surface area contributed by atoms with E-state index in [2.05, 4.69) is 52.7 Å². The lowest BCUT2D eigenvalue weighted by atomic mass is 10.1. The standard InChI is InChI=1S/C19H20N4O/c1-13-8-14(6-7-17(13)23-12-20-11-22-23)10-21-19-16-5-3-2-4-15(16)9-18(19)24/h2-8,11-12,18-19,21,24H,9-10H2,1H3/t18-,19-/m1/s1. The number of nitrogens with zero attached hydrogens (tertiary/aromatic N) is 3. The van der Waals surface area contributed by atoms with Crippen molar-refractivity contribution in [2.75, 3.05) is 0 Å². The number of benzene rings is 2.